The summed E-state index contributed by atoms with van der Waals surface area (Å²) in [6, 6.07) is 3.22. The van der Waals surface area contributed by atoms with Crippen LogP contribution in [0, 0.1) is 11.6 Å². The molecule has 0 spiro atoms. The van der Waals surface area contributed by atoms with E-state index in [0.717, 1.165) is 12.1 Å². The van der Waals surface area contributed by atoms with Gasteiger partial charge in [-0.25, -0.2) is 13.6 Å². The van der Waals surface area contributed by atoms with Crippen molar-refractivity contribution in [3.63, 3.8) is 0 Å². The number of nitrogens with one attached hydrogen (secondary N) is 1. The largest absolute Gasteiger partial charge is 0.480 e. The van der Waals surface area contributed by atoms with Crippen molar-refractivity contribution in [1.82, 2.24) is 5.32 Å². The number of aliphatic carboxylic acids is 1. The van der Waals surface area contributed by atoms with Gasteiger partial charge in [-0.1, -0.05) is 18.9 Å². The molecule has 1 aromatic rings. The molecule has 0 heterocycles. The first-order chi connectivity index (χ1) is 8.96. The van der Waals surface area contributed by atoms with E-state index in [9.17, 15) is 23.5 Å². The van der Waals surface area contributed by atoms with Crippen molar-refractivity contribution in [2.75, 3.05) is 0 Å². The highest BCUT2D eigenvalue weighted by Crippen LogP contribution is 2.30. The summed E-state index contributed by atoms with van der Waals surface area (Å²) >= 11 is 0. The highest BCUT2D eigenvalue weighted by atomic mass is 19.2. The van der Waals surface area contributed by atoms with Gasteiger partial charge in [0.2, 0.25) is 0 Å². The van der Waals surface area contributed by atoms with Gasteiger partial charge in [0.25, 0.3) is 5.91 Å². The fourth-order valence-corrected chi connectivity index (χ4v) is 2.33. The number of amides is 1. The maximum absolute atomic E-state index is 13.5. The summed E-state index contributed by atoms with van der Waals surface area (Å²) in [7, 11) is 0. The Morgan fingerprint density at radius 3 is 2.42 bits per heavy atom. The first kappa shape index (κ1) is 13.5. The monoisotopic (exact) mass is 269 g/mol. The third-order valence-corrected chi connectivity index (χ3v) is 3.42. The molecule has 0 saturated heterocycles. The van der Waals surface area contributed by atoms with Crippen molar-refractivity contribution in [3.05, 3.63) is 35.4 Å². The molecule has 2 N–H and O–H groups in total. The summed E-state index contributed by atoms with van der Waals surface area (Å²) in [6.45, 7) is 0. The lowest BCUT2D eigenvalue weighted by molar-refractivity contribution is -0.144. The molecule has 1 amide bonds. The number of halogens is 2. The molecule has 0 bridgehead atoms. The summed E-state index contributed by atoms with van der Waals surface area (Å²) in [5.41, 5.74) is -1.84. The molecule has 102 valence electrons. The maximum Gasteiger partial charge on any atom is 0.329 e. The van der Waals surface area contributed by atoms with Crippen LogP contribution in [-0.4, -0.2) is 22.5 Å². The van der Waals surface area contributed by atoms with Crippen LogP contribution >= 0.6 is 0 Å². The van der Waals surface area contributed by atoms with Gasteiger partial charge in [0, 0.05) is 0 Å². The zero-order chi connectivity index (χ0) is 14.0. The summed E-state index contributed by atoms with van der Waals surface area (Å²) in [4.78, 5) is 23.2. The van der Waals surface area contributed by atoms with Gasteiger partial charge in [0.15, 0.2) is 11.6 Å². The molecule has 4 nitrogen and oxygen atoms in total. The Balaban J connectivity index is 2.25. The smallest absolute Gasteiger partial charge is 0.329 e. The number of benzene rings is 1. The molecule has 0 aromatic heterocycles. The van der Waals surface area contributed by atoms with E-state index in [-0.39, 0.29) is 0 Å². The second-order valence-electron chi connectivity index (χ2n) is 4.65. The van der Waals surface area contributed by atoms with Crippen LogP contribution in [0.1, 0.15) is 36.0 Å². The van der Waals surface area contributed by atoms with Crippen molar-refractivity contribution in [2.24, 2.45) is 0 Å². The lowest BCUT2D eigenvalue weighted by Gasteiger charge is -2.25. The number of carbonyl (C=O) groups is 2. The maximum atomic E-state index is 13.5. The van der Waals surface area contributed by atoms with E-state index in [1.165, 1.54) is 6.07 Å². The SMILES string of the molecule is O=C(NC1(C(=O)O)CCCC1)c1cccc(F)c1F. The minimum Gasteiger partial charge on any atom is -0.480 e. The van der Waals surface area contributed by atoms with E-state index in [1.807, 2.05) is 0 Å². The Bertz CT molecular complexity index is 525. The second kappa shape index (κ2) is 4.95. The number of carboxylic acids is 1. The predicted molar refractivity (Wildman–Crippen MR) is 62.7 cm³/mol. The zero-order valence-electron chi connectivity index (χ0n) is 10.1. The minimum atomic E-state index is -1.37. The lowest BCUT2D eigenvalue weighted by Crippen LogP contribution is -2.52. The van der Waals surface area contributed by atoms with Crippen LogP contribution in [0.2, 0.25) is 0 Å². The van der Waals surface area contributed by atoms with Crippen LogP contribution in [0.4, 0.5) is 8.78 Å². The standard InChI is InChI=1S/C13H13F2NO3/c14-9-5-3-4-8(10(9)15)11(17)16-13(12(18)19)6-1-2-7-13/h3-5H,1-2,6-7H2,(H,16,17)(H,18,19). The van der Waals surface area contributed by atoms with Crippen LogP contribution in [0.15, 0.2) is 18.2 Å². The molecule has 0 radical (unpaired) electrons. The van der Waals surface area contributed by atoms with Gasteiger partial charge in [-0.15, -0.1) is 0 Å². The van der Waals surface area contributed by atoms with E-state index in [0.29, 0.717) is 25.7 Å². The van der Waals surface area contributed by atoms with Crippen molar-refractivity contribution >= 4 is 11.9 Å². The summed E-state index contributed by atoms with van der Waals surface area (Å²) in [6.07, 6.45) is 1.95. The molecular weight excluding hydrogens is 256 g/mol. The Morgan fingerprint density at radius 2 is 1.84 bits per heavy atom. The first-order valence-corrected chi connectivity index (χ1v) is 5.96. The molecule has 0 atom stereocenters. The Labute approximate surface area is 108 Å². The van der Waals surface area contributed by atoms with Crippen LogP contribution in [-0.2, 0) is 4.79 Å². The van der Waals surface area contributed by atoms with Gasteiger partial charge in [0.05, 0.1) is 5.56 Å². The lowest BCUT2D eigenvalue weighted by atomic mass is 9.97. The van der Waals surface area contributed by atoms with Crippen LogP contribution in [0.25, 0.3) is 0 Å². The van der Waals surface area contributed by atoms with E-state index in [4.69, 9.17) is 0 Å². The average molecular weight is 269 g/mol. The molecule has 1 fully saturated rings. The van der Waals surface area contributed by atoms with Gasteiger partial charge in [-0.2, -0.15) is 0 Å². The molecule has 1 aliphatic rings. The van der Waals surface area contributed by atoms with E-state index in [1.54, 1.807) is 0 Å². The Morgan fingerprint density at radius 1 is 1.21 bits per heavy atom. The fraction of sp³-hybridized carbons (Fsp3) is 0.385. The van der Waals surface area contributed by atoms with Crippen LogP contribution in [0.5, 0.6) is 0 Å². The number of carbonyl (C=O) groups excluding carboxylic acids is 1. The topological polar surface area (TPSA) is 66.4 Å². The van der Waals surface area contributed by atoms with Crippen molar-refractivity contribution in [2.45, 2.75) is 31.2 Å². The normalized spacial score (nSPS) is 17.2. The van der Waals surface area contributed by atoms with Gasteiger partial charge in [-0.3, -0.25) is 4.79 Å². The molecule has 0 aliphatic heterocycles. The predicted octanol–water partition coefficient (Wildman–Crippen LogP) is 2.09. The third-order valence-electron chi connectivity index (χ3n) is 3.42. The number of carboxylic acid groups (broad SMARTS) is 1. The fourth-order valence-electron chi connectivity index (χ4n) is 2.33. The van der Waals surface area contributed by atoms with E-state index < -0.39 is 34.6 Å². The molecule has 0 unspecified atom stereocenters. The zero-order valence-corrected chi connectivity index (χ0v) is 10.1. The first-order valence-electron chi connectivity index (χ1n) is 5.96. The highest BCUT2D eigenvalue weighted by Gasteiger charge is 2.43. The third kappa shape index (κ3) is 2.43. The minimum absolute atomic E-state index is 0.297. The van der Waals surface area contributed by atoms with Crippen molar-refractivity contribution in [1.29, 1.82) is 0 Å². The van der Waals surface area contributed by atoms with Gasteiger partial charge in [0.1, 0.15) is 5.54 Å². The molecule has 2 rings (SSSR count). The molecular formula is C13H13F2NO3. The summed E-state index contributed by atoms with van der Waals surface area (Å²) in [5, 5.41) is 11.5. The van der Waals surface area contributed by atoms with Crippen molar-refractivity contribution in [3.8, 4) is 0 Å². The van der Waals surface area contributed by atoms with Gasteiger partial charge >= 0.3 is 5.97 Å². The quantitative estimate of drug-likeness (QED) is 0.883. The average Bonchev–Trinajstić information content (AvgIpc) is 2.82. The molecule has 1 saturated carbocycles. The van der Waals surface area contributed by atoms with Crippen LogP contribution in [0.3, 0.4) is 0 Å². The Kier molecular flexibility index (Phi) is 3.50. The molecule has 19 heavy (non-hydrogen) atoms. The van der Waals surface area contributed by atoms with Crippen molar-refractivity contribution < 1.29 is 23.5 Å². The summed E-state index contributed by atoms with van der Waals surface area (Å²) in [5.74, 6) is -4.45. The molecule has 6 heteroatoms. The molecule has 1 aliphatic carbocycles. The summed E-state index contributed by atoms with van der Waals surface area (Å²) < 4.78 is 26.5. The van der Waals surface area contributed by atoms with Gasteiger partial charge in [-0.05, 0) is 25.0 Å². The Hall–Kier alpha value is -1.98. The number of hydrogen-bond acceptors (Lipinski definition) is 2. The van der Waals surface area contributed by atoms with Crippen LogP contribution < -0.4 is 5.32 Å². The number of hydrogen-bond donors (Lipinski definition) is 2. The van der Waals surface area contributed by atoms with Gasteiger partial charge < -0.3 is 10.4 Å². The van der Waals surface area contributed by atoms with E-state index >= 15 is 0 Å². The highest BCUT2D eigenvalue weighted by molar-refractivity contribution is 5.98. The van der Waals surface area contributed by atoms with E-state index in [2.05, 4.69) is 5.32 Å². The number of rotatable bonds is 3. The second-order valence-corrected chi connectivity index (χ2v) is 4.65. The molecule has 1 aromatic carbocycles.